The minimum Gasteiger partial charge on any atom is -0.481 e. The fraction of sp³-hybridized carbons (Fsp3) is 0.471. The topological polar surface area (TPSA) is 586 Å². The molecule has 0 saturated carbocycles. The summed E-state index contributed by atoms with van der Waals surface area (Å²) in [5, 5.41) is 123. The number of amides is 7. The van der Waals surface area contributed by atoms with E-state index in [9.17, 15) is 123 Å². The minimum absolute atomic E-state index is 0.000756. The van der Waals surface area contributed by atoms with Crippen molar-refractivity contribution in [2.24, 2.45) is 46.4 Å². The molecule has 10 heterocycles. The normalized spacial score (nSPS) is 29.0. The van der Waals surface area contributed by atoms with E-state index in [0.717, 1.165) is 0 Å². The average molecular weight is 1860 g/mol. The number of aliphatic carboxylic acids is 5. The number of hydrogen-bond acceptors (Lipinski definition) is 28. The van der Waals surface area contributed by atoms with Gasteiger partial charge in [-0.05, 0) is 139 Å². The Balaban J connectivity index is 0.000000220. The Morgan fingerprint density at radius 3 is 1.19 bits per heavy atom. The molecule has 7 amide bonds. The van der Waals surface area contributed by atoms with Crippen molar-refractivity contribution in [3.8, 4) is 0 Å². The Labute approximate surface area is 755 Å². The van der Waals surface area contributed by atoms with Gasteiger partial charge in [-0.3, -0.25) is 48.2 Å². The first-order valence-corrected chi connectivity index (χ1v) is 45.6. The number of benzene rings is 4. The van der Waals surface area contributed by atoms with Crippen LogP contribution in [0.2, 0.25) is 0 Å². The molecular formula is C87H100N12O26S4. The van der Waals surface area contributed by atoms with Gasteiger partial charge in [0, 0.05) is 114 Å². The Morgan fingerprint density at radius 2 is 0.822 bits per heavy atom. The molecule has 10 aliphatic heterocycles. The number of aromatic carboxylic acids is 2. The number of carboxylic acid groups (broad SMARTS) is 7. The van der Waals surface area contributed by atoms with Crippen LogP contribution < -0.4 is 42.5 Å². The number of ether oxygens (including phenoxy) is 1. The molecule has 129 heavy (non-hydrogen) atoms. The molecule has 0 radical (unpaired) electrons. The zero-order valence-corrected chi connectivity index (χ0v) is 74.1. The molecule has 42 heteroatoms. The monoisotopic (exact) mass is 1860 g/mol. The number of esters is 1. The maximum absolute atomic E-state index is 14.4. The Bertz CT molecular complexity index is 5360. The average Bonchev–Trinajstić information content (AvgIpc) is 1.56. The van der Waals surface area contributed by atoms with Crippen molar-refractivity contribution in [2.45, 2.75) is 186 Å². The highest BCUT2D eigenvalue weighted by atomic mass is 32.2. The first-order chi connectivity index (χ1) is 61.1. The quantitative estimate of drug-likeness (QED) is 0.0231. The molecule has 1 unspecified atom stereocenters. The zero-order valence-electron chi connectivity index (χ0n) is 70.9. The first-order valence-electron chi connectivity index (χ1n) is 42.0. The number of rotatable bonds is 32. The number of carbonyl (C=O) groups is 15. The molecule has 0 bridgehead atoms. The van der Waals surface area contributed by atoms with Crippen molar-refractivity contribution in [1.29, 1.82) is 0 Å². The van der Waals surface area contributed by atoms with E-state index >= 15 is 0 Å². The predicted octanol–water partition coefficient (Wildman–Crippen LogP) is 4.77. The summed E-state index contributed by atoms with van der Waals surface area (Å²) in [6.45, 7) is 14.5. The number of fused-ring (bicyclic) bond motifs is 2. The number of thioether (sulfide) groups is 4. The molecule has 0 aliphatic carbocycles. The SMILES string of the molecule is C[C@@H](O)[C@H]1C(=O)N2C(C(=O)O)=C(S[C@@H]3CN[C@H](C(=O)Nc4cccc(C(=O)O[C@H](C)[C@@H](C(=O)O)[C@@H]5N=C(C(=O)O)C(S[C@@H]6CN[C@H](C(=O)Nc7cccc(C(=O)O)c7)C6)[C@@H]5C)c4)C3)[C@H](C)[C@H]12.C[C@H](O)C[C@@H]1[C@@H](C)C(S[C@@H]2CN[C@H](C(=O)Nc3cccc(C(=O)O)c3)C2)=C(C(=O)O)N1C(=O)c1cccc(NC(=O)[C@H]2C[C@H](SC3=C(C(=O)O)N4C(=O)[C@H]([C@@H](C)O)[C@H]4[C@H]3C)CN2)c1. The highest BCUT2D eigenvalue weighted by Gasteiger charge is 2.62. The van der Waals surface area contributed by atoms with Crippen molar-refractivity contribution in [2.75, 3.05) is 47.4 Å². The van der Waals surface area contributed by atoms with Gasteiger partial charge in [0.05, 0.1) is 94.4 Å². The van der Waals surface area contributed by atoms with Crippen LogP contribution >= 0.6 is 47.0 Å². The third kappa shape index (κ3) is 20.1. The van der Waals surface area contributed by atoms with E-state index in [2.05, 4.69) is 47.5 Å². The molecule has 10 aliphatic rings. The number of nitrogens with one attached hydrogen (secondary N) is 8. The highest BCUT2D eigenvalue weighted by molar-refractivity contribution is 8.04. The van der Waals surface area contributed by atoms with E-state index < -0.39 is 191 Å². The zero-order chi connectivity index (χ0) is 93.5. The van der Waals surface area contributed by atoms with Crippen LogP contribution in [0.4, 0.5) is 22.7 Å². The molecule has 0 aromatic heterocycles. The van der Waals surface area contributed by atoms with E-state index in [1.54, 1.807) is 51.1 Å². The van der Waals surface area contributed by atoms with Gasteiger partial charge in [0.15, 0.2) is 0 Å². The van der Waals surface area contributed by atoms with E-state index in [1.165, 1.54) is 149 Å². The predicted molar refractivity (Wildman–Crippen MR) is 473 cm³/mol. The van der Waals surface area contributed by atoms with Gasteiger partial charge in [-0.2, -0.15) is 0 Å². The molecule has 4 aromatic carbocycles. The van der Waals surface area contributed by atoms with Crippen LogP contribution in [0.25, 0.3) is 0 Å². The van der Waals surface area contributed by atoms with Crippen LogP contribution in [0, 0.1) is 41.4 Å². The van der Waals surface area contributed by atoms with E-state index in [4.69, 9.17) is 4.74 Å². The third-order valence-electron chi connectivity index (χ3n) is 25.0. The summed E-state index contributed by atoms with van der Waals surface area (Å²) in [6.07, 6.45) is -2.70. The van der Waals surface area contributed by atoms with Crippen LogP contribution in [0.3, 0.4) is 0 Å². The van der Waals surface area contributed by atoms with Crippen LogP contribution in [0.5, 0.6) is 0 Å². The lowest BCUT2D eigenvalue weighted by Crippen LogP contribution is -2.63. The first kappa shape index (κ1) is 95.5. The molecule has 6 saturated heterocycles. The van der Waals surface area contributed by atoms with Crippen molar-refractivity contribution < 1.29 is 128 Å². The van der Waals surface area contributed by atoms with E-state index in [0.29, 0.717) is 78.0 Å². The second-order valence-electron chi connectivity index (χ2n) is 33.9. The highest BCUT2D eigenvalue weighted by Crippen LogP contribution is 2.55. The number of carboxylic acids is 7. The summed E-state index contributed by atoms with van der Waals surface area (Å²) < 4.78 is 5.67. The fourth-order valence-electron chi connectivity index (χ4n) is 18.7. The molecule has 0 spiro atoms. The van der Waals surface area contributed by atoms with Crippen molar-refractivity contribution >= 4 is 165 Å². The largest absolute Gasteiger partial charge is 0.481 e. The van der Waals surface area contributed by atoms with Crippen LogP contribution in [-0.2, 0) is 57.5 Å². The van der Waals surface area contributed by atoms with Gasteiger partial charge >= 0.3 is 47.8 Å². The number of aliphatic imine (C=N–C) groups is 1. The molecule has 38 nitrogen and oxygen atoms in total. The maximum Gasteiger partial charge on any atom is 0.353 e. The Morgan fingerprint density at radius 1 is 0.465 bits per heavy atom. The Kier molecular flexibility index (Phi) is 29.4. The number of aliphatic hydroxyl groups excluding tert-OH is 3. The van der Waals surface area contributed by atoms with Gasteiger partial charge in [-0.15, -0.1) is 47.0 Å². The van der Waals surface area contributed by atoms with Crippen LogP contribution in [0.15, 0.2) is 134 Å². The summed E-state index contributed by atoms with van der Waals surface area (Å²) in [4.78, 5) is 202. The number of aliphatic hydroxyl groups is 3. The van der Waals surface area contributed by atoms with Gasteiger partial charge < -0.3 is 108 Å². The van der Waals surface area contributed by atoms with Gasteiger partial charge in [0.2, 0.25) is 35.4 Å². The van der Waals surface area contributed by atoms with Crippen molar-refractivity contribution in [3.05, 3.63) is 151 Å². The number of β-lactam (4-membered cyclic amide) rings is 2. The molecule has 688 valence electrons. The van der Waals surface area contributed by atoms with Gasteiger partial charge in [-0.25, -0.2) is 33.6 Å². The second kappa shape index (κ2) is 39.7. The summed E-state index contributed by atoms with van der Waals surface area (Å²) >= 11 is 5.13. The van der Waals surface area contributed by atoms with Crippen molar-refractivity contribution in [1.82, 2.24) is 36.0 Å². The minimum atomic E-state index is -1.45. The third-order valence-corrected chi connectivity index (χ3v) is 31.2. The summed E-state index contributed by atoms with van der Waals surface area (Å²) in [5.41, 5.74) is 0.600. The molecule has 18 N–H and O–H groups in total. The standard InChI is InChI=1S/C44H50N6O14S2.C43H50N6O12S2/c1-17-31(49-32(42(59)60)35(17)65-25-13-27(45-15-25)37(52)47-23-9-5-7-21(11-23)40(55)56)30(41(57)58)20(4)64-44(63)22-8-6-10-24(12-22)48-38(53)28-14-26(16-46-28)66-36-18(2)33-29(19(3)51)39(54)50(33)34(36)43(61)62;1-18(50)11-30-19(2)35(62-26-14-28(44-16-26)38(53)47-25-10-6-8-23(13-25)41(56)57)33(42(58)59)48(30)39(54)22-7-5-9-24(12-22)46-37(52)29-15-27(17-45-29)63-36-20(3)32-31(21(4)51)40(55)49(32)34(36)43(60)61/h5-12,17-20,25-31,33,35,45-46,51H,13-16H2,1-4H3,(H,47,52)(H,48,53)(H,55,56)(H,57,58)(H,59,60)(H,61,62);5-10,12-13,18-21,26-32,44-45,50-51H,11,14-17H2,1-4H3,(H,46,52)(H,47,53)(H,56,57)(H,58,59)(H,60,61)/t17-,18-,19-,20-,25+,26+,27+,28+,29-,30-,31-,33-,35?;18-,19+,20+,21+,26-,27-,28-,29+,30+,31+,32+/m10/s1. The Hall–Kier alpha value is -11.1. The van der Waals surface area contributed by atoms with Gasteiger partial charge in [-0.1, -0.05) is 52.0 Å². The molecule has 14 rings (SSSR count). The van der Waals surface area contributed by atoms with Gasteiger partial charge in [0.25, 0.3) is 5.91 Å². The number of nitrogens with zero attached hydrogens (tertiary/aromatic N) is 4. The number of carbonyl (C=O) groups excluding carboxylic acids is 8. The molecule has 6 fully saturated rings. The lowest BCUT2D eigenvalue weighted by molar-refractivity contribution is -0.163. The summed E-state index contributed by atoms with van der Waals surface area (Å²) in [6, 6.07) is 18.2. The number of anilines is 4. The van der Waals surface area contributed by atoms with Crippen LogP contribution in [0.1, 0.15) is 129 Å². The second-order valence-corrected chi connectivity index (χ2v) is 39.4. The van der Waals surface area contributed by atoms with Crippen LogP contribution in [-0.4, -0.2) is 286 Å². The van der Waals surface area contributed by atoms with Gasteiger partial charge in [0.1, 0.15) is 34.8 Å². The van der Waals surface area contributed by atoms with Crippen molar-refractivity contribution in [3.63, 3.8) is 0 Å². The lowest BCUT2D eigenvalue weighted by Gasteiger charge is -2.46. The molecule has 4 aromatic rings. The molecule has 24 atom stereocenters. The fourth-order valence-corrected chi connectivity index (χ4v) is 24.8. The van der Waals surface area contributed by atoms with E-state index in [1.807, 2.05) is 13.8 Å². The summed E-state index contributed by atoms with van der Waals surface area (Å²) in [7, 11) is 0. The maximum atomic E-state index is 14.4. The van der Waals surface area contributed by atoms with E-state index in [-0.39, 0.29) is 102 Å². The summed E-state index contributed by atoms with van der Waals surface area (Å²) in [5.74, 6) is -17.4. The smallest absolute Gasteiger partial charge is 0.353 e. The lowest BCUT2D eigenvalue weighted by atomic mass is 9.79. The molecular weight excluding hydrogens is 1760 g/mol. The number of hydrogen-bond donors (Lipinski definition) is 18.